The van der Waals surface area contributed by atoms with E-state index in [9.17, 15) is 25.0 Å². The van der Waals surface area contributed by atoms with Gasteiger partial charge in [0.1, 0.15) is 0 Å². The van der Waals surface area contributed by atoms with Gasteiger partial charge in [-0.3, -0.25) is 30.0 Å². The minimum absolute atomic E-state index is 0.231. The molecule has 0 radical (unpaired) electrons. The van der Waals surface area contributed by atoms with Crippen molar-refractivity contribution in [1.82, 2.24) is 4.98 Å². The van der Waals surface area contributed by atoms with Gasteiger partial charge < -0.3 is 10.1 Å². The Kier molecular flexibility index (Phi) is 4.77. The fourth-order valence-electron chi connectivity index (χ4n) is 1.66. The molecule has 10 heteroatoms. The number of pyridine rings is 1. The van der Waals surface area contributed by atoms with Gasteiger partial charge in [0.15, 0.2) is 12.4 Å². The molecule has 2 aromatic rings. The van der Waals surface area contributed by atoms with Crippen LogP contribution in [-0.4, -0.2) is 27.3 Å². The number of nitrogens with zero attached hydrogens (tertiary/aromatic N) is 3. The highest BCUT2D eigenvalue weighted by molar-refractivity contribution is 5.91. The topological polar surface area (TPSA) is 138 Å². The molecule has 0 aliphatic carbocycles. The molecule has 1 amide bonds. The summed E-state index contributed by atoms with van der Waals surface area (Å²) >= 11 is 0. The summed E-state index contributed by atoms with van der Waals surface area (Å²) in [5.74, 6) is -0.769. The van der Waals surface area contributed by atoms with E-state index in [1.165, 1.54) is 12.4 Å². The van der Waals surface area contributed by atoms with Crippen molar-refractivity contribution in [2.75, 3.05) is 11.9 Å². The first-order valence-electron chi connectivity index (χ1n) is 6.23. The van der Waals surface area contributed by atoms with Gasteiger partial charge in [-0.15, -0.1) is 0 Å². The van der Waals surface area contributed by atoms with Crippen LogP contribution in [0.3, 0.4) is 0 Å². The average Bonchev–Trinajstić information content (AvgIpc) is 2.53. The summed E-state index contributed by atoms with van der Waals surface area (Å²) in [6.45, 7) is -0.485. The van der Waals surface area contributed by atoms with E-state index in [1.807, 2.05) is 0 Å². The van der Waals surface area contributed by atoms with Crippen molar-refractivity contribution in [2.45, 2.75) is 0 Å². The zero-order valence-corrected chi connectivity index (χ0v) is 11.5. The smallest absolute Gasteiger partial charge is 0.317 e. The highest BCUT2D eigenvalue weighted by Gasteiger charge is 2.21. The summed E-state index contributed by atoms with van der Waals surface area (Å²) < 4.78 is 5.08. The van der Waals surface area contributed by atoms with Crippen LogP contribution < -0.4 is 10.1 Å². The summed E-state index contributed by atoms with van der Waals surface area (Å²) in [6.07, 6.45) is 2.97. The first-order chi connectivity index (χ1) is 11.0. The number of nitro benzene ring substituents is 2. The highest BCUT2D eigenvalue weighted by atomic mass is 16.6. The van der Waals surface area contributed by atoms with Crippen molar-refractivity contribution in [2.24, 2.45) is 0 Å². The molecule has 1 N–H and O–H groups in total. The lowest BCUT2D eigenvalue weighted by Crippen LogP contribution is -2.20. The van der Waals surface area contributed by atoms with Crippen LogP contribution in [0.4, 0.5) is 17.1 Å². The van der Waals surface area contributed by atoms with Gasteiger partial charge in [-0.1, -0.05) is 0 Å². The summed E-state index contributed by atoms with van der Waals surface area (Å²) in [5, 5.41) is 24.1. The molecule has 0 atom stereocenters. The lowest BCUT2D eigenvalue weighted by atomic mass is 10.2. The van der Waals surface area contributed by atoms with E-state index in [0.29, 0.717) is 5.69 Å². The van der Waals surface area contributed by atoms with Crippen molar-refractivity contribution in [1.29, 1.82) is 0 Å². The van der Waals surface area contributed by atoms with E-state index in [0.717, 1.165) is 18.2 Å². The number of nitro groups is 2. The quantitative estimate of drug-likeness (QED) is 0.634. The van der Waals surface area contributed by atoms with Crippen molar-refractivity contribution in [3.63, 3.8) is 0 Å². The van der Waals surface area contributed by atoms with Crippen molar-refractivity contribution < 1.29 is 19.4 Å². The number of rotatable bonds is 6. The Morgan fingerprint density at radius 3 is 2.43 bits per heavy atom. The molecule has 10 nitrogen and oxygen atoms in total. The number of nitrogens with one attached hydrogen (secondary N) is 1. The molecule has 0 saturated heterocycles. The summed E-state index contributed by atoms with van der Waals surface area (Å²) in [4.78, 5) is 35.5. The third kappa shape index (κ3) is 4.20. The van der Waals surface area contributed by atoms with Crippen LogP contribution in [0, 0.1) is 20.2 Å². The van der Waals surface area contributed by atoms with Gasteiger partial charge >= 0.3 is 5.69 Å². The van der Waals surface area contributed by atoms with Gasteiger partial charge in [0.05, 0.1) is 15.9 Å². The van der Waals surface area contributed by atoms with Crippen LogP contribution in [0.15, 0.2) is 42.7 Å². The van der Waals surface area contributed by atoms with Crippen molar-refractivity contribution in [3.05, 3.63) is 63.0 Å². The third-order valence-electron chi connectivity index (χ3n) is 2.67. The molecule has 0 saturated carbocycles. The van der Waals surface area contributed by atoms with Crippen LogP contribution in [0.1, 0.15) is 0 Å². The first-order valence-corrected chi connectivity index (χ1v) is 6.23. The lowest BCUT2D eigenvalue weighted by molar-refractivity contribution is -0.394. The number of hydrogen-bond donors (Lipinski definition) is 1. The molecule has 0 fully saturated rings. The van der Waals surface area contributed by atoms with Gasteiger partial charge in [-0.2, -0.15) is 0 Å². The second kappa shape index (κ2) is 6.93. The molecule has 0 spiro atoms. The maximum absolute atomic E-state index is 11.7. The number of ether oxygens (including phenoxy) is 1. The normalized spacial score (nSPS) is 9.91. The maximum atomic E-state index is 11.7. The number of aromatic nitrogens is 1. The van der Waals surface area contributed by atoms with Crippen molar-refractivity contribution in [3.8, 4) is 5.75 Å². The lowest BCUT2D eigenvalue weighted by Gasteiger charge is -2.07. The van der Waals surface area contributed by atoms with Crippen LogP contribution in [0.25, 0.3) is 0 Å². The van der Waals surface area contributed by atoms with Crippen LogP contribution >= 0.6 is 0 Å². The Labute approximate surface area is 129 Å². The number of amides is 1. The van der Waals surface area contributed by atoms with Crippen LogP contribution in [-0.2, 0) is 4.79 Å². The Balaban J connectivity index is 2.06. The monoisotopic (exact) mass is 318 g/mol. The fourth-order valence-corrected chi connectivity index (χ4v) is 1.66. The standard InChI is InChI=1S/C13H10N4O6/c18-13(15-9-3-5-14-6-4-9)8-23-12-2-1-10(16(19)20)7-11(12)17(21)22/h1-7H,8H2,(H,14,15,18). The minimum Gasteiger partial charge on any atom is -0.477 e. The van der Waals surface area contributed by atoms with E-state index in [4.69, 9.17) is 4.74 Å². The zero-order valence-electron chi connectivity index (χ0n) is 11.5. The van der Waals surface area contributed by atoms with E-state index >= 15 is 0 Å². The minimum atomic E-state index is -0.816. The Morgan fingerprint density at radius 1 is 1.13 bits per heavy atom. The van der Waals surface area contributed by atoms with Crippen LogP contribution in [0.5, 0.6) is 5.75 Å². The van der Waals surface area contributed by atoms with Gasteiger partial charge in [-0.25, -0.2) is 0 Å². The van der Waals surface area contributed by atoms with E-state index in [-0.39, 0.29) is 5.75 Å². The van der Waals surface area contributed by atoms with E-state index in [2.05, 4.69) is 10.3 Å². The molecule has 0 bridgehead atoms. The van der Waals surface area contributed by atoms with E-state index < -0.39 is 33.7 Å². The van der Waals surface area contributed by atoms with Gasteiger partial charge in [-0.05, 0) is 18.2 Å². The SMILES string of the molecule is O=C(COc1ccc([N+](=O)[O-])cc1[N+](=O)[O-])Nc1ccncc1. The molecule has 1 heterocycles. The summed E-state index contributed by atoms with van der Waals surface area (Å²) in [7, 11) is 0. The second-order valence-corrected chi connectivity index (χ2v) is 4.24. The molecule has 0 unspecified atom stereocenters. The molecule has 2 rings (SSSR count). The van der Waals surface area contributed by atoms with Crippen LogP contribution in [0.2, 0.25) is 0 Å². The first kappa shape index (κ1) is 15.8. The predicted octanol–water partition coefficient (Wildman–Crippen LogP) is 1.92. The Bertz CT molecular complexity index is 749. The molecule has 0 aliphatic heterocycles. The summed E-state index contributed by atoms with van der Waals surface area (Å²) in [6, 6.07) is 6.04. The number of anilines is 1. The molecule has 23 heavy (non-hydrogen) atoms. The molecular formula is C13H10N4O6. The molecule has 1 aromatic heterocycles. The van der Waals surface area contributed by atoms with E-state index in [1.54, 1.807) is 12.1 Å². The van der Waals surface area contributed by atoms with Gasteiger partial charge in [0.25, 0.3) is 11.6 Å². The van der Waals surface area contributed by atoms with Crippen molar-refractivity contribution >= 4 is 23.0 Å². The van der Waals surface area contributed by atoms with Gasteiger partial charge in [0, 0.05) is 24.1 Å². The summed E-state index contributed by atoms with van der Waals surface area (Å²) in [5.41, 5.74) is -0.534. The number of non-ortho nitro benzene ring substituents is 1. The molecular weight excluding hydrogens is 308 g/mol. The fraction of sp³-hybridized carbons (Fsp3) is 0.0769. The molecule has 0 aliphatic rings. The predicted molar refractivity (Wildman–Crippen MR) is 78.1 cm³/mol. The largest absolute Gasteiger partial charge is 0.477 e. The zero-order chi connectivity index (χ0) is 16.8. The second-order valence-electron chi connectivity index (χ2n) is 4.24. The number of hydrogen-bond acceptors (Lipinski definition) is 7. The Hall–Kier alpha value is -3.56. The highest BCUT2D eigenvalue weighted by Crippen LogP contribution is 2.30. The molecule has 118 valence electrons. The number of carbonyl (C=O) groups excluding carboxylic acids is 1. The third-order valence-corrected chi connectivity index (χ3v) is 2.67. The van der Waals surface area contributed by atoms with Gasteiger partial charge in [0.2, 0.25) is 0 Å². The maximum Gasteiger partial charge on any atom is 0.317 e. The average molecular weight is 318 g/mol. The number of carbonyl (C=O) groups is 1. The number of benzene rings is 1. The Morgan fingerprint density at radius 2 is 1.83 bits per heavy atom. The molecule has 1 aromatic carbocycles.